The molecule has 12 heavy (non-hydrogen) atoms. The van der Waals surface area contributed by atoms with Gasteiger partial charge in [0.25, 0.3) is 0 Å². The van der Waals surface area contributed by atoms with Gasteiger partial charge in [-0.25, -0.2) is 4.98 Å². The van der Waals surface area contributed by atoms with Crippen LogP contribution in [0.15, 0.2) is 18.3 Å². The summed E-state index contributed by atoms with van der Waals surface area (Å²) in [5.74, 6) is 0. The molecule has 0 aromatic carbocycles. The second-order valence-corrected chi connectivity index (χ2v) is 3.37. The monoisotopic (exact) mass is 200 g/mol. The van der Waals surface area contributed by atoms with E-state index >= 15 is 0 Å². The molecule has 0 atom stereocenters. The van der Waals surface area contributed by atoms with Crippen molar-refractivity contribution in [1.29, 1.82) is 0 Å². The van der Waals surface area contributed by atoms with Crippen LogP contribution in [0, 0.1) is 0 Å². The maximum atomic E-state index is 5.61. The first-order valence-corrected chi connectivity index (χ1v) is 4.36. The quantitative estimate of drug-likeness (QED) is 0.599. The number of thiocarbonyl (C=S) groups is 1. The molecule has 0 amide bonds. The first kappa shape index (κ1) is 9.42. The lowest BCUT2D eigenvalue weighted by Crippen LogP contribution is -2.08. The number of halogens is 1. The van der Waals surface area contributed by atoms with Crippen molar-refractivity contribution >= 4 is 28.8 Å². The van der Waals surface area contributed by atoms with Gasteiger partial charge in [-0.15, -0.1) is 0 Å². The summed E-state index contributed by atoms with van der Waals surface area (Å²) in [6, 6.07) is 3.68. The summed E-state index contributed by atoms with van der Waals surface area (Å²) < 4.78 is 0. The summed E-state index contributed by atoms with van der Waals surface area (Å²) in [5.41, 5.74) is 6.46. The highest BCUT2D eigenvalue weighted by molar-refractivity contribution is 7.80. The van der Waals surface area contributed by atoms with Gasteiger partial charge in [0.05, 0.1) is 4.99 Å². The first-order chi connectivity index (χ1) is 5.68. The first-order valence-electron chi connectivity index (χ1n) is 3.57. The Morgan fingerprint density at radius 3 is 2.83 bits per heavy atom. The molecule has 1 aromatic heterocycles. The van der Waals surface area contributed by atoms with Crippen LogP contribution in [-0.4, -0.2) is 9.97 Å². The number of hydrogen-bond acceptors (Lipinski definition) is 2. The van der Waals surface area contributed by atoms with Crippen molar-refractivity contribution in [3.8, 4) is 0 Å². The molecule has 0 aliphatic heterocycles. The van der Waals surface area contributed by atoms with Crippen LogP contribution in [0.4, 0.5) is 0 Å². The zero-order valence-corrected chi connectivity index (χ0v) is 8.03. The molecule has 0 spiro atoms. The van der Waals surface area contributed by atoms with Gasteiger partial charge in [-0.1, -0.05) is 29.9 Å². The molecule has 0 aliphatic rings. The van der Waals surface area contributed by atoms with E-state index in [0.717, 1.165) is 18.4 Å². The summed E-state index contributed by atoms with van der Waals surface area (Å²) in [7, 11) is 0. The lowest BCUT2D eigenvalue weighted by Gasteiger charge is -1.98. The highest BCUT2D eigenvalue weighted by Gasteiger charge is 1.95. The third kappa shape index (κ3) is 3.15. The summed E-state index contributed by atoms with van der Waals surface area (Å²) in [5, 5.41) is 0.508. The highest BCUT2D eigenvalue weighted by atomic mass is 35.5. The Labute approximate surface area is 81.7 Å². The van der Waals surface area contributed by atoms with E-state index in [4.69, 9.17) is 29.6 Å². The Balaban J connectivity index is 2.53. The molecule has 64 valence electrons. The molecule has 0 radical (unpaired) electrons. The van der Waals surface area contributed by atoms with Crippen molar-refractivity contribution in [1.82, 2.24) is 4.98 Å². The van der Waals surface area contributed by atoms with E-state index in [1.807, 2.05) is 6.07 Å². The molecule has 4 heteroatoms. The molecule has 0 saturated carbocycles. The average molecular weight is 201 g/mol. The molecular formula is C8H9ClN2S. The van der Waals surface area contributed by atoms with Gasteiger partial charge in [0, 0.05) is 12.6 Å². The minimum Gasteiger partial charge on any atom is -0.393 e. The topological polar surface area (TPSA) is 38.9 Å². The van der Waals surface area contributed by atoms with Crippen LogP contribution in [0.1, 0.15) is 12.0 Å². The van der Waals surface area contributed by atoms with Crippen molar-refractivity contribution in [2.24, 2.45) is 5.73 Å². The normalized spacial score (nSPS) is 9.75. The lowest BCUT2D eigenvalue weighted by molar-refractivity contribution is 1.02. The zero-order valence-electron chi connectivity index (χ0n) is 6.46. The Bertz CT molecular complexity index is 271. The van der Waals surface area contributed by atoms with Crippen LogP contribution in [0.25, 0.3) is 0 Å². The minimum absolute atomic E-state index is 0.508. The number of nitrogens with zero attached hydrogens (tertiary/aromatic N) is 1. The fourth-order valence-electron chi connectivity index (χ4n) is 0.822. The third-order valence-corrected chi connectivity index (χ3v) is 1.88. The van der Waals surface area contributed by atoms with E-state index in [-0.39, 0.29) is 0 Å². The third-order valence-electron chi connectivity index (χ3n) is 1.45. The summed E-state index contributed by atoms with van der Waals surface area (Å²) >= 11 is 10.4. The van der Waals surface area contributed by atoms with E-state index in [0.29, 0.717) is 10.1 Å². The molecule has 0 fully saturated rings. The zero-order chi connectivity index (χ0) is 8.97. The van der Waals surface area contributed by atoms with Crippen LogP contribution in [0.5, 0.6) is 0 Å². The predicted molar refractivity (Wildman–Crippen MR) is 54.4 cm³/mol. The number of aromatic nitrogens is 1. The second kappa shape index (κ2) is 4.38. The van der Waals surface area contributed by atoms with Gasteiger partial charge in [0.1, 0.15) is 5.15 Å². The molecule has 2 N–H and O–H groups in total. The van der Waals surface area contributed by atoms with Crippen LogP contribution < -0.4 is 5.73 Å². The fraction of sp³-hybridized carbons (Fsp3) is 0.250. The maximum absolute atomic E-state index is 5.61. The Hall–Kier alpha value is -0.670. The van der Waals surface area contributed by atoms with Crippen molar-refractivity contribution in [2.45, 2.75) is 12.8 Å². The molecule has 1 heterocycles. The van der Waals surface area contributed by atoms with E-state index < -0.39 is 0 Å². The summed E-state index contributed by atoms with van der Waals surface area (Å²) in [6.07, 6.45) is 3.29. The fourth-order valence-corrected chi connectivity index (χ4v) is 1.04. The molecule has 1 aromatic rings. The average Bonchev–Trinajstić information content (AvgIpc) is 2.03. The van der Waals surface area contributed by atoms with E-state index in [9.17, 15) is 0 Å². The van der Waals surface area contributed by atoms with Crippen molar-refractivity contribution in [3.05, 3.63) is 29.0 Å². The number of hydrogen-bond donors (Lipinski definition) is 1. The van der Waals surface area contributed by atoms with Gasteiger partial charge < -0.3 is 5.73 Å². The highest BCUT2D eigenvalue weighted by Crippen LogP contribution is 2.06. The largest absolute Gasteiger partial charge is 0.393 e. The number of nitrogens with two attached hydrogens (primary N) is 1. The van der Waals surface area contributed by atoms with Gasteiger partial charge in [0.15, 0.2) is 0 Å². The number of aryl methyl sites for hydroxylation is 1. The van der Waals surface area contributed by atoms with Crippen molar-refractivity contribution < 1.29 is 0 Å². The van der Waals surface area contributed by atoms with E-state index in [1.165, 1.54) is 0 Å². The van der Waals surface area contributed by atoms with Gasteiger partial charge in [0.2, 0.25) is 0 Å². The Morgan fingerprint density at radius 1 is 1.58 bits per heavy atom. The molecule has 1 rings (SSSR count). The standard InChI is InChI=1S/C8H9ClN2S/c9-7-3-1-6(5-11-7)2-4-8(10)12/h1,3,5H,2,4H2,(H2,10,12). The molecule has 0 saturated heterocycles. The molecule has 2 nitrogen and oxygen atoms in total. The second-order valence-electron chi connectivity index (χ2n) is 2.46. The van der Waals surface area contributed by atoms with Gasteiger partial charge in [-0.05, 0) is 18.1 Å². The van der Waals surface area contributed by atoms with Gasteiger partial charge in [-0.2, -0.15) is 0 Å². The molecule has 0 aliphatic carbocycles. The maximum Gasteiger partial charge on any atom is 0.129 e. The number of pyridine rings is 1. The smallest absolute Gasteiger partial charge is 0.129 e. The van der Waals surface area contributed by atoms with Crippen LogP contribution in [0.3, 0.4) is 0 Å². The van der Waals surface area contributed by atoms with Gasteiger partial charge >= 0.3 is 0 Å². The van der Waals surface area contributed by atoms with E-state index in [2.05, 4.69) is 4.98 Å². The van der Waals surface area contributed by atoms with E-state index in [1.54, 1.807) is 12.3 Å². The number of rotatable bonds is 3. The summed E-state index contributed by atoms with van der Waals surface area (Å²) in [6.45, 7) is 0. The van der Waals surface area contributed by atoms with Crippen molar-refractivity contribution in [2.75, 3.05) is 0 Å². The van der Waals surface area contributed by atoms with Crippen molar-refractivity contribution in [3.63, 3.8) is 0 Å². The lowest BCUT2D eigenvalue weighted by atomic mass is 10.2. The SMILES string of the molecule is NC(=S)CCc1ccc(Cl)nc1. The molecule has 0 bridgehead atoms. The van der Waals surface area contributed by atoms with Gasteiger partial charge in [-0.3, -0.25) is 0 Å². The summed E-state index contributed by atoms with van der Waals surface area (Å²) in [4.78, 5) is 4.47. The molecular weight excluding hydrogens is 192 g/mol. The van der Waals surface area contributed by atoms with Crippen LogP contribution in [-0.2, 0) is 6.42 Å². The van der Waals surface area contributed by atoms with Crippen LogP contribution >= 0.6 is 23.8 Å². The molecule has 0 unspecified atom stereocenters. The Morgan fingerprint density at radius 2 is 2.33 bits per heavy atom. The minimum atomic E-state index is 0.508. The van der Waals surface area contributed by atoms with Crippen LogP contribution in [0.2, 0.25) is 5.15 Å². The Kier molecular flexibility index (Phi) is 3.44. The predicted octanol–water partition coefficient (Wildman–Crippen LogP) is 1.95.